The fraction of sp³-hybridized carbons (Fsp3) is 0.0800. The Kier molecular flexibility index (Phi) is 6.17. The molecule has 160 valence electrons. The number of hydrogen-bond donors (Lipinski definition) is 1. The molecule has 2 heterocycles. The maximum atomic E-state index is 13.7. The van der Waals surface area contributed by atoms with E-state index < -0.39 is 17.5 Å². The monoisotopic (exact) mass is 431 g/mol. The number of carbonyl (C=O) groups excluding carboxylic acids is 1. The van der Waals surface area contributed by atoms with Gasteiger partial charge in [0.05, 0.1) is 5.69 Å². The molecule has 0 aliphatic carbocycles. The van der Waals surface area contributed by atoms with E-state index in [9.17, 15) is 13.6 Å². The third-order valence-corrected chi connectivity index (χ3v) is 4.87. The van der Waals surface area contributed by atoms with Crippen LogP contribution in [0.2, 0.25) is 0 Å². The second kappa shape index (κ2) is 9.34. The molecule has 2 aromatic heterocycles. The van der Waals surface area contributed by atoms with E-state index in [0.717, 1.165) is 11.6 Å². The molecular formula is C25H19F2N3O2. The van der Waals surface area contributed by atoms with Crippen LogP contribution in [-0.4, -0.2) is 15.9 Å². The molecule has 5 nitrogen and oxygen atoms in total. The van der Waals surface area contributed by atoms with Crippen molar-refractivity contribution in [1.29, 1.82) is 0 Å². The van der Waals surface area contributed by atoms with Crippen LogP contribution in [0.3, 0.4) is 0 Å². The quantitative estimate of drug-likeness (QED) is 0.434. The molecule has 0 unspecified atom stereocenters. The van der Waals surface area contributed by atoms with Crippen molar-refractivity contribution in [2.24, 2.45) is 0 Å². The Balaban J connectivity index is 1.70. The topological polar surface area (TPSA) is 64.1 Å². The van der Waals surface area contributed by atoms with E-state index in [-0.39, 0.29) is 6.42 Å². The van der Waals surface area contributed by atoms with Gasteiger partial charge in [0, 0.05) is 53.3 Å². The molecule has 0 radical (unpaired) electrons. The minimum Gasteiger partial charge on any atom is -0.379 e. The number of hydrogen-bond acceptors (Lipinski definition) is 4. The van der Waals surface area contributed by atoms with Gasteiger partial charge < -0.3 is 4.84 Å². The Morgan fingerprint density at radius 1 is 1.00 bits per heavy atom. The molecule has 1 N–H and O–H groups in total. The van der Waals surface area contributed by atoms with Crippen LogP contribution >= 0.6 is 0 Å². The fourth-order valence-electron chi connectivity index (χ4n) is 3.39. The summed E-state index contributed by atoms with van der Waals surface area (Å²) in [5.41, 5.74) is 5.91. The molecule has 0 saturated carbocycles. The summed E-state index contributed by atoms with van der Waals surface area (Å²) in [6, 6.07) is 15.6. The molecule has 0 atom stereocenters. The first-order valence-corrected chi connectivity index (χ1v) is 9.87. The summed E-state index contributed by atoms with van der Waals surface area (Å²) in [4.78, 5) is 26.9. The molecule has 7 heteroatoms. The van der Waals surface area contributed by atoms with Crippen LogP contribution in [0.1, 0.15) is 27.0 Å². The third-order valence-electron chi connectivity index (χ3n) is 4.87. The highest BCUT2D eigenvalue weighted by Gasteiger charge is 2.17. The Labute approximate surface area is 183 Å². The van der Waals surface area contributed by atoms with Gasteiger partial charge in [-0.15, -0.1) is 0 Å². The lowest BCUT2D eigenvalue weighted by atomic mass is 10.0. The van der Waals surface area contributed by atoms with Crippen LogP contribution in [0.4, 0.5) is 8.78 Å². The minimum absolute atomic E-state index is 0.159. The normalized spacial score (nSPS) is 10.6. The first-order valence-electron chi connectivity index (χ1n) is 9.87. The number of amides is 1. The molecule has 1 amide bonds. The highest BCUT2D eigenvalue weighted by molar-refractivity contribution is 5.93. The first-order chi connectivity index (χ1) is 15.5. The molecular weight excluding hydrogens is 412 g/mol. The van der Waals surface area contributed by atoms with Crippen LogP contribution < -0.4 is 10.3 Å². The Bertz CT molecular complexity index is 1230. The van der Waals surface area contributed by atoms with Gasteiger partial charge in [0.25, 0.3) is 5.91 Å². The Hall–Kier alpha value is -4.13. The van der Waals surface area contributed by atoms with Crippen LogP contribution in [0.15, 0.2) is 79.3 Å². The van der Waals surface area contributed by atoms with Crippen LogP contribution in [0, 0.1) is 18.6 Å². The lowest BCUT2D eigenvalue weighted by molar-refractivity contribution is 0.0757. The zero-order chi connectivity index (χ0) is 22.5. The summed E-state index contributed by atoms with van der Waals surface area (Å²) in [5.74, 6) is -1.41. The second-order valence-electron chi connectivity index (χ2n) is 7.18. The first kappa shape index (κ1) is 21.1. The largest absolute Gasteiger partial charge is 0.379 e. The molecule has 2 aromatic carbocycles. The highest BCUT2D eigenvalue weighted by atomic mass is 19.1. The maximum absolute atomic E-state index is 13.7. The van der Waals surface area contributed by atoms with E-state index in [2.05, 4.69) is 15.4 Å². The van der Waals surface area contributed by atoms with Crippen LogP contribution in [0.25, 0.3) is 11.3 Å². The second-order valence-corrected chi connectivity index (χ2v) is 7.18. The van der Waals surface area contributed by atoms with E-state index in [1.807, 2.05) is 6.07 Å². The van der Waals surface area contributed by atoms with Gasteiger partial charge in [-0.1, -0.05) is 18.2 Å². The maximum Gasteiger partial charge on any atom is 0.283 e. The van der Waals surface area contributed by atoms with E-state index in [0.29, 0.717) is 33.7 Å². The fourth-order valence-corrected chi connectivity index (χ4v) is 3.39. The van der Waals surface area contributed by atoms with Crippen molar-refractivity contribution in [3.05, 3.63) is 113 Å². The van der Waals surface area contributed by atoms with Crippen molar-refractivity contribution in [1.82, 2.24) is 15.4 Å². The molecule has 32 heavy (non-hydrogen) atoms. The lowest BCUT2D eigenvalue weighted by Gasteiger charge is -2.16. The summed E-state index contributed by atoms with van der Waals surface area (Å²) in [7, 11) is 0. The van der Waals surface area contributed by atoms with E-state index in [1.165, 1.54) is 12.1 Å². The van der Waals surface area contributed by atoms with E-state index in [4.69, 9.17) is 4.84 Å². The standard InChI is InChI=1S/C25H19F2N3O2/c1-16-23(19-8-5-9-28-14-19)29-15-20(10-17-11-21(26)13-22(27)12-17)24(16)32-30-25(31)18-6-3-2-4-7-18/h2-9,11-15H,10H2,1H3,(H,30,31). The average molecular weight is 431 g/mol. The molecule has 0 bridgehead atoms. The molecule has 0 spiro atoms. The van der Waals surface area contributed by atoms with Crippen molar-refractivity contribution in [3.63, 3.8) is 0 Å². The highest BCUT2D eigenvalue weighted by Crippen LogP contribution is 2.32. The Morgan fingerprint density at radius 2 is 1.75 bits per heavy atom. The van der Waals surface area contributed by atoms with Crippen molar-refractivity contribution < 1.29 is 18.4 Å². The summed E-state index contributed by atoms with van der Waals surface area (Å²) in [5, 5.41) is 0. The predicted molar refractivity (Wildman–Crippen MR) is 116 cm³/mol. The number of hydroxylamine groups is 1. The van der Waals surface area contributed by atoms with Gasteiger partial charge in [-0.3, -0.25) is 14.8 Å². The minimum atomic E-state index is -0.670. The Morgan fingerprint density at radius 3 is 2.44 bits per heavy atom. The number of halogens is 2. The molecule has 0 aliphatic rings. The third kappa shape index (κ3) is 4.78. The number of benzene rings is 2. The summed E-state index contributed by atoms with van der Waals surface area (Å²) in [6.07, 6.45) is 5.06. The number of aromatic nitrogens is 2. The molecule has 0 saturated heterocycles. The zero-order valence-corrected chi connectivity index (χ0v) is 17.2. The summed E-state index contributed by atoms with van der Waals surface area (Å²) < 4.78 is 27.4. The van der Waals surface area contributed by atoms with Crippen molar-refractivity contribution in [3.8, 4) is 17.0 Å². The predicted octanol–water partition coefficient (Wildman–Crippen LogP) is 5.04. The van der Waals surface area contributed by atoms with Gasteiger partial charge in [0.15, 0.2) is 5.75 Å². The van der Waals surface area contributed by atoms with Gasteiger partial charge >= 0.3 is 0 Å². The zero-order valence-electron chi connectivity index (χ0n) is 17.2. The smallest absolute Gasteiger partial charge is 0.283 e. The number of nitrogens with one attached hydrogen (secondary N) is 1. The van der Waals surface area contributed by atoms with Gasteiger partial charge in [0.1, 0.15) is 11.6 Å². The number of carbonyl (C=O) groups is 1. The van der Waals surface area contributed by atoms with Crippen LogP contribution in [-0.2, 0) is 6.42 Å². The number of nitrogens with zero attached hydrogens (tertiary/aromatic N) is 2. The van der Waals surface area contributed by atoms with E-state index in [1.54, 1.807) is 61.9 Å². The van der Waals surface area contributed by atoms with Gasteiger partial charge in [-0.2, -0.15) is 5.48 Å². The SMILES string of the molecule is Cc1c(-c2cccnc2)ncc(Cc2cc(F)cc(F)c2)c1ONC(=O)c1ccccc1. The summed E-state index contributed by atoms with van der Waals surface area (Å²) >= 11 is 0. The van der Waals surface area contributed by atoms with Crippen molar-refractivity contribution in [2.45, 2.75) is 13.3 Å². The van der Waals surface area contributed by atoms with E-state index >= 15 is 0 Å². The van der Waals surface area contributed by atoms with Gasteiger partial charge in [-0.25, -0.2) is 8.78 Å². The molecule has 4 aromatic rings. The van der Waals surface area contributed by atoms with Crippen molar-refractivity contribution >= 4 is 5.91 Å². The number of rotatable bonds is 6. The van der Waals surface area contributed by atoms with Gasteiger partial charge in [-0.05, 0) is 48.9 Å². The van der Waals surface area contributed by atoms with Gasteiger partial charge in [0.2, 0.25) is 0 Å². The molecule has 0 aliphatic heterocycles. The average Bonchev–Trinajstić information content (AvgIpc) is 2.79. The van der Waals surface area contributed by atoms with Crippen molar-refractivity contribution in [2.75, 3.05) is 0 Å². The van der Waals surface area contributed by atoms with Crippen LogP contribution in [0.5, 0.6) is 5.75 Å². The lowest BCUT2D eigenvalue weighted by Crippen LogP contribution is -2.28. The molecule has 4 rings (SSSR count). The molecule has 0 fully saturated rings. The summed E-state index contributed by atoms with van der Waals surface area (Å²) in [6.45, 7) is 1.80. The number of pyridine rings is 2.